The van der Waals surface area contributed by atoms with Crippen LogP contribution in [-0.4, -0.2) is 90.0 Å². The maximum atomic E-state index is 14.0. The number of benzene rings is 1. The molecular formula is C21H10F21NO5. The second-order valence-electron chi connectivity index (χ2n) is 8.84. The Labute approximate surface area is 249 Å². The van der Waals surface area contributed by atoms with Crippen molar-refractivity contribution in [2.45, 2.75) is 60.6 Å². The van der Waals surface area contributed by atoms with E-state index in [4.69, 9.17) is 0 Å². The van der Waals surface area contributed by atoms with Gasteiger partial charge in [0.1, 0.15) is 12.4 Å². The lowest BCUT2D eigenvalue weighted by Gasteiger charge is -2.32. The molecular weight excluding hydrogens is 745 g/mol. The normalized spacial score (nSPS) is 14.4. The van der Waals surface area contributed by atoms with Crippen LogP contribution in [0, 0.1) is 0 Å². The van der Waals surface area contributed by atoms with Gasteiger partial charge >= 0.3 is 66.0 Å². The third-order valence-corrected chi connectivity index (χ3v) is 5.42. The van der Waals surface area contributed by atoms with Crippen molar-refractivity contribution >= 4 is 17.8 Å². The molecule has 0 aliphatic carbocycles. The first kappa shape index (κ1) is 42.2. The summed E-state index contributed by atoms with van der Waals surface area (Å²) in [6.45, 7) is -6.05. The van der Waals surface area contributed by atoms with Gasteiger partial charge in [-0.3, -0.25) is 4.79 Å². The van der Waals surface area contributed by atoms with Crippen LogP contribution in [-0.2, 0) is 25.7 Å². The van der Waals surface area contributed by atoms with Gasteiger partial charge in [0.15, 0.2) is 0 Å². The average Bonchev–Trinajstić information content (AvgIpc) is 2.90. The molecule has 276 valence electrons. The molecule has 27 heteroatoms. The number of hydrogen-bond acceptors (Lipinski definition) is 5. The van der Waals surface area contributed by atoms with Crippen LogP contribution in [0.3, 0.4) is 0 Å². The minimum Gasteiger partial charge on any atom is -0.459 e. The Bertz CT molecular complexity index is 1330. The fraction of sp³-hybridized carbons (Fsp3) is 0.571. The summed E-state index contributed by atoms with van der Waals surface area (Å²) in [7, 11) is 0. The number of alkyl halides is 21. The van der Waals surface area contributed by atoms with Crippen molar-refractivity contribution in [2.24, 2.45) is 0 Å². The van der Waals surface area contributed by atoms with Gasteiger partial charge in [-0.1, -0.05) is 12.1 Å². The van der Waals surface area contributed by atoms with Gasteiger partial charge in [-0.25, -0.2) is 9.59 Å². The predicted octanol–water partition coefficient (Wildman–Crippen LogP) is 6.96. The molecule has 0 atom stereocenters. The van der Waals surface area contributed by atoms with Crippen LogP contribution < -0.4 is 4.74 Å². The number of nitrogens with zero attached hydrogens (tertiary/aromatic N) is 1. The Morgan fingerprint density at radius 1 is 0.521 bits per heavy atom. The lowest BCUT2D eigenvalue weighted by atomic mass is 10.1. The third kappa shape index (κ3) is 7.72. The maximum Gasteiger partial charge on any atom is 0.460 e. The molecule has 0 fully saturated rings. The monoisotopic (exact) mass is 755 g/mol. The number of rotatable bonds is 12. The molecule has 6 nitrogen and oxygen atoms in total. The predicted molar refractivity (Wildman–Crippen MR) is 106 cm³/mol. The number of carbonyl (C=O) groups is 3. The topological polar surface area (TPSA) is 72.9 Å². The lowest BCUT2D eigenvalue weighted by Crippen LogP contribution is -2.60. The van der Waals surface area contributed by atoms with E-state index in [0.717, 1.165) is 0 Å². The summed E-state index contributed by atoms with van der Waals surface area (Å²) in [5.74, 6) is -54.0. The smallest absolute Gasteiger partial charge is 0.459 e. The highest BCUT2D eigenvalue weighted by molar-refractivity contribution is 5.85. The molecule has 0 heterocycles. The first-order valence-corrected chi connectivity index (χ1v) is 11.3. The van der Waals surface area contributed by atoms with Gasteiger partial charge in [0.2, 0.25) is 0 Å². The van der Waals surface area contributed by atoms with Gasteiger partial charge in [0, 0.05) is 6.54 Å². The average molecular weight is 755 g/mol. The summed E-state index contributed by atoms with van der Waals surface area (Å²) in [6.07, 6.45) is -21.3. The standard InChI is InChI=1S/C21H10F21NO5/c22-13(23,16(28,29)19(34,35)36)10(44)43(5-6-47-11(45)14(24,25)17(30,31)20(37,38)39)7-8-1-3-9(4-2-8)48-12(46)15(26,27)18(32,33)21(40,41)42/h1-4H,5-7H2. The Kier molecular flexibility index (Phi) is 11.3. The van der Waals surface area contributed by atoms with E-state index in [1.807, 2.05) is 0 Å². The minimum absolute atomic E-state index is 0.125. The summed E-state index contributed by atoms with van der Waals surface area (Å²) < 4.78 is 278. The molecule has 0 bridgehead atoms. The molecule has 1 amide bonds. The maximum absolute atomic E-state index is 14.0. The molecule has 0 spiro atoms. The molecule has 1 aromatic carbocycles. The highest BCUT2D eigenvalue weighted by atomic mass is 19.4. The third-order valence-electron chi connectivity index (χ3n) is 5.42. The summed E-state index contributed by atoms with van der Waals surface area (Å²) in [5.41, 5.74) is -0.901. The number of amides is 1. The summed E-state index contributed by atoms with van der Waals surface area (Å²) in [4.78, 5) is 33.6. The van der Waals surface area contributed by atoms with Crippen LogP contribution in [0.2, 0.25) is 0 Å². The van der Waals surface area contributed by atoms with Gasteiger partial charge in [-0.2, -0.15) is 92.2 Å². The van der Waals surface area contributed by atoms with E-state index < -0.39 is 108 Å². The van der Waals surface area contributed by atoms with E-state index in [2.05, 4.69) is 9.47 Å². The molecule has 0 aromatic heterocycles. The van der Waals surface area contributed by atoms with E-state index in [1.165, 1.54) is 0 Å². The van der Waals surface area contributed by atoms with Crippen molar-refractivity contribution in [1.82, 2.24) is 4.90 Å². The van der Waals surface area contributed by atoms with Crippen molar-refractivity contribution in [3.8, 4) is 5.75 Å². The highest BCUT2D eigenvalue weighted by Gasteiger charge is 2.79. The molecule has 1 aromatic rings. The quantitative estimate of drug-likeness (QED) is 0.131. The highest BCUT2D eigenvalue weighted by Crippen LogP contribution is 2.49. The SMILES string of the molecule is O=C(OCCN(Cc1ccc(OC(=O)C(F)(F)C(F)(F)C(F)(F)F)cc1)C(=O)C(F)(F)C(F)(F)C(F)(F)F)C(F)(F)C(F)(F)C(F)(F)F. The zero-order valence-corrected chi connectivity index (χ0v) is 21.9. The van der Waals surface area contributed by atoms with E-state index in [-0.39, 0.29) is 24.3 Å². The largest absolute Gasteiger partial charge is 0.460 e. The summed E-state index contributed by atoms with van der Waals surface area (Å²) in [6, 6.07) is 0.736. The van der Waals surface area contributed by atoms with Crippen LogP contribution >= 0.6 is 0 Å². The van der Waals surface area contributed by atoms with Crippen molar-refractivity contribution < 1.29 is 116 Å². The number of carbonyl (C=O) groups excluding carboxylic acids is 3. The van der Waals surface area contributed by atoms with Gasteiger partial charge in [-0.15, -0.1) is 0 Å². The van der Waals surface area contributed by atoms with E-state index in [9.17, 15) is 107 Å². The molecule has 0 N–H and O–H groups in total. The van der Waals surface area contributed by atoms with Crippen molar-refractivity contribution in [1.29, 1.82) is 0 Å². The van der Waals surface area contributed by atoms with Gasteiger partial charge in [0.25, 0.3) is 5.91 Å². The Morgan fingerprint density at radius 3 is 1.25 bits per heavy atom. The number of halogens is 21. The Balaban J connectivity index is 3.36. The first-order valence-electron chi connectivity index (χ1n) is 11.3. The summed E-state index contributed by atoms with van der Waals surface area (Å²) in [5, 5.41) is 0. The molecule has 0 saturated carbocycles. The second kappa shape index (κ2) is 12.9. The fourth-order valence-electron chi connectivity index (χ4n) is 2.77. The van der Waals surface area contributed by atoms with E-state index in [1.54, 1.807) is 0 Å². The van der Waals surface area contributed by atoms with E-state index in [0.29, 0.717) is 0 Å². The van der Waals surface area contributed by atoms with Crippen molar-refractivity contribution in [2.75, 3.05) is 13.2 Å². The Morgan fingerprint density at radius 2 is 0.875 bits per heavy atom. The first-order chi connectivity index (χ1) is 21.0. The zero-order valence-electron chi connectivity index (χ0n) is 21.9. The molecule has 0 unspecified atom stereocenters. The van der Waals surface area contributed by atoms with Crippen LogP contribution in [0.5, 0.6) is 5.75 Å². The Hall–Kier alpha value is -3.84. The summed E-state index contributed by atoms with van der Waals surface area (Å²) >= 11 is 0. The minimum atomic E-state index is -7.24. The zero-order chi connectivity index (χ0) is 38.3. The van der Waals surface area contributed by atoms with E-state index >= 15 is 0 Å². The van der Waals surface area contributed by atoms with Crippen LogP contribution in [0.15, 0.2) is 24.3 Å². The van der Waals surface area contributed by atoms with Crippen LogP contribution in [0.4, 0.5) is 92.2 Å². The van der Waals surface area contributed by atoms with Gasteiger partial charge in [-0.05, 0) is 17.7 Å². The number of ether oxygens (including phenoxy) is 2. The molecule has 48 heavy (non-hydrogen) atoms. The van der Waals surface area contributed by atoms with Gasteiger partial charge < -0.3 is 14.4 Å². The number of hydrogen-bond donors (Lipinski definition) is 0. The number of esters is 2. The lowest BCUT2D eigenvalue weighted by molar-refractivity contribution is -0.348. The second-order valence-corrected chi connectivity index (χ2v) is 8.84. The molecule has 0 radical (unpaired) electrons. The fourth-order valence-corrected chi connectivity index (χ4v) is 2.77. The van der Waals surface area contributed by atoms with Crippen LogP contribution in [0.25, 0.3) is 0 Å². The molecule has 1 rings (SSSR count). The van der Waals surface area contributed by atoms with Crippen LogP contribution in [0.1, 0.15) is 5.56 Å². The van der Waals surface area contributed by atoms with Crippen molar-refractivity contribution in [3.63, 3.8) is 0 Å². The molecule has 0 aliphatic rings. The van der Waals surface area contributed by atoms with Crippen molar-refractivity contribution in [3.05, 3.63) is 29.8 Å². The van der Waals surface area contributed by atoms with Gasteiger partial charge in [0.05, 0.1) is 6.54 Å². The molecule has 0 aliphatic heterocycles. The molecule has 0 saturated heterocycles.